The topological polar surface area (TPSA) is 114 Å². The molecule has 3 N–H and O–H groups in total. The van der Waals surface area contributed by atoms with Gasteiger partial charge in [-0.05, 0) is 40.2 Å². The first-order valence-corrected chi connectivity index (χ1v) is 11.3. The second-order valence-electron chi connectivity index (χ2n) is 6.13. The number of halogens is 1. The van der Waals surface area contributed by atoms with E-state index in [1.165, 1.54) is 0 Å². The Balaban J connectivity index is 1.89. The van der Waals surface area contributed by atoms with Crippen molar-refractivity contribution < 1.29 is 17.9 Å². The van der Waals surface area contributed by atoms with Gasteiger partial charge < -0.3 is 20.1 Å². The highest BCUT2D eigenvalue weighted by molar-refractivity contribution is 9.10. The number of benzene rings is 2. The predicted octanol–water partition coefficient (Wildman–Crippen LogP) is 4.12. The number of hydrogen-bond acceptors (Lipinski definition) is 8. The van der Waals surface area contributed by atoms with Gasteiger partial charge in [0.25, 0.3) is 0 Å². The zero-order valence-corrected chi connectivity index (χ0v) is 18.8. The van der Waals surface area contributed by atoms with Crippen molar-refractivity contribution >= 4 is 54.8 Å². The number of ether oxygens (including phenoxy) is 2. The lowest BCUT2D eigenvalue weighted by Gasteiger charge is -2.15. The number of nitrogens with zero attached hydrogens (tertiary/aromatic N) is 2. The Morgan fingerprint density at radius 3 is 2.37 bits per heavy atom. The summed E-state index contributed by atoms with van der Waals surface area (Å²) in [5, 5.41) is 6.23. The summed E-state index contributed by atoms with van der Waals surface area (Å²) in [6.07, 6.45) is 2.68. The maximum atomic E-state index is 11.6. The second-order valence-corrected chi connectivity index (χ2v) is 8.73. The van der Waals surface area contributed by atoms with Crippen LogP contribution in [0.1, 0.15) is 0 Å². The molecule has 0 aliphatic carbocycles. The molecule has 11 heteroatoms. The number of hydrogen-bond donors (Lipinski definition) is 3. The van der Waals surface area contributed by atoms with E-state index >= 15 is 0 Å². The molecule has 2 aromatic carbocycles. The number of methoxy groups -OCH3 is 2. The third kappa shape index (κ3) is 5.51. The Labute approximate surface area is 183 Å². The van der Waals surface area contributed by atoms with Crippen molar-refractivity contribution in [3.63, 3.8) is 0 Å². The van der Waals surface area contributed by atoms with E-state index in [4.69, 9.17) is 9.47 Å². The van der Waals surface area contributed by atoms with E-state index in [-0.39, 0.29) is 0 Å². The summed E-state index contributed by atoms with van der Waals surface area (Å²) in [6.45, 7) is 0. The highest BCUT2D eigenvalue weighted by Gasteiger charge is 2.12. The van der Waals surface area contributed by atoms with Crippen LogP contribution in [-0.2, 0) is 10.0 Å². The minimum absolute atomic E-state index is 0.317. The van der Waals surface area contributed by atoms with E-state index in [1.807, 2.05) is 0 Å². The van der Waals surface area contributed by atoms with Gasteiger partial charge >= 0.3 is 0 Å². The number of para-hydroxylation sites is 2. The Morgan fingerprint density at radius 1 is 0.967 bits per heavy atom. The van der Waals surface area contributed by atoms with Gasteiger partial charge in [-0.25, -0.2) is 13.4 Å². The quantitative estimate of drug-likeness (QED) is 0.429. The zero-order chi connectivity index (χ0) is 21.7. The van der Waals surface area contributed by atoms with Crippen molar-refractivity contribution in [3.05, 3.63) is 53.1 Å². The third-order valence-corrected chi connectivity index (χ3v) is 5.05. The zero-order valence-electron chi connectivity index (χ0n) is 16.4. The van der Waals surface area contributed by atoms with Crippen LogP contribution in [0.25, 0.3) is 0 Å². The normalized spacial score (nSPS) is 10.9. The number of rotatable bonds is 8. The molecule has 0 aliphatic rings. The SMILES string of the molecule is COc1ccc(Nc2ncc(Br)c(Nc3ccccc3NS(C)(=O)=O)n2)c(OC)c1. The van der Waals surface area contributed by atoms with Crippen molar-refractivity contribution in [2.24, 2.45) is 0 Å². The molecule has 1 aromatic heterocycles. The molecule has 0 fully saturated rings. The molecule has 0 amide bonds. The van der Waals surface area contributed by atoms with Gasteiger partial charge in [-0.2, -0.15) is 4.98 Å². The van der Waals surface area contributed by atoms with Crippen LogP contribution in [-0.4, -0.2) is 38.9 Å². The maximum absolute atomic E-state index is 11.6. The maximum Gasteiger partial charge on any atom is 0.229 e. The summed E-state index contributed by atoms with van der Waals surface area (Å²) in [5.74, 6) is 1.99. The van der Waals surface area contributed by atoms with Crippen LogP contribution in [0.4, 0.5) is 28.8 Å². The van der Waals surface area contributed by atoms with Gasteiger partial charge in [0.2, 0.25) is 16.0 Å². The second kappa shape index (κ2) is 9.18. The summed E-state index contributed by atoms with van der Waals surface area (Å²) >= 11 is 3.41. The molecule has 0 radical (unpaired) electrons. The fourth-order valence-electron chi connectivity index (χ4n) is 2.55. The largest absolute Gasteiger partial charge is 0.497 e. The molecule has 30 heavy (non-hydrogen) atoms. The van der Waals surface area contributed by atoms with E-state index in [9.17, 15) is 8.42 Å². The third-order valence-electron chi connectivity index (χ3n) is 3.87. The van der Waals surface area contributed by atoms with E-state index in [2.05, 4.69) is 41.3 Å². The number of nitrogens with one attached hydrogen (secondary N) is 3. The van der Waals surface area contributed by atoms with Crippen LogP contribution < -0.4 is 24.8 Å². The molecule has 0 aliphatic heterocycles. The van der Waals surface area contributed by atoms with Crippen LogP contribution >= 0.6 is 15.9 Å². The van der Waals surface area contributed by atoms with Crippen LogP contribution in [0.2, 0.25) is 0 Å². The van der Waals surface area contributed by atoms with Gasteiger partial charge in [-0.3, -0.25) is 4.72 Å². The van der Waals surface area contributed by atoms with Crippen LogP contribution in [0, 0.1) is 0 Å². The smallest absolute Gasteiger partial charge is 0.229 e. The number of anilines is 5. The predicted molar refractivity (Wildman–Crippen MR) is 121 cm³/mol. The molecule has 0 spiro atoms. The summed E-state index contributed by atoms with van der Waals surface area (Å²) in [4.78, 5) is 8.74. The first-order chi connectivity index (χ1) is 14.3. The van der Waals surface area contributed by atoms with Crippen LogP contribution in [0.15, 0.2) is 53.1 Å². The van der Waals surface area contributed by atoms with Gasteiger partial charge in [0.1, 0.15) is 17.3 Å². The molecule has 0 saturated heterocycles. The molecule has 3 rings (SSSR count). The van der Waals surface area contributed by atoms with E-state index in [1.54, 1.807) is 62.9 Å². The fourth-order valence-corrected chi connectivity index (χ4v) is 3.41. The van der Waals surface area contributed by atoms with E-state index in [0.29, 0.717) is 44.8 Å². The Hall–Kier alpha value is -3.05. The van der Waals surface area contributed by atoms with Crippen molar-refractivity contribution in [3.8, 4) is 11.5 Å². The monoisotopic (exact) mass is 493 g/mol. The molecule has 0 bridgehead atoms. The Morgan fingerprint density at radius 2 is 1.70 bits per heavy atom. The molecule has 0 saturated carbocycles. The summed E-state index contributed by atoms with van der Waals surface area (Å²) in [6, 6.07) is 12.2. The molecule has 0 atom stereocenters. The molecule has 1 heterocycles. The van der Waals surface area contributed by atoms with Crippen molar-refractivity contribution in [1.82, 2.24) is 9.97 Å². The summed E-state index contributed by atoms with van der Waals surface area (Å²) in [7, 11) is -0.301. The van der Waals surface area contributed by atoms with Crippen molar-refractivity contribution in [1.29, 1.82) is 0 Å². The van der Waals surface area contributed by atoms with Gasteiger partial charge in [-0.15, -0.1) is 0 Å². The van der Waals surface area contributed by atoms with Crippen molar-refractivity contribution in [2.45, 2.75) is 0 Å². The Kier molecular flexibility index (Phi) is 6.63. The molecule has 0 unspecified atom stereocenters. The molecule has 9 nitrogen and oxygen atoms in total. The molecule has 158 valence electrons. The molecule has 3 aromatic rings. The minimum atomic E-state index is -3.44. The summed E-state index contributed by atoms with van der Waals surface area (Å²) < 4.78 is 36.9. The molecular formula is C19H20BrN5O4S. The minimum Gasteiger partial charge on any atom is -0.497 e. The van der Waals surface area contributed by atoms with E-state index in [0.717, 1.165) is 6.26 Å². The van der Waals surface area contributed by atoms with Gasteiger partial charge in [-0.1, -0.05) is 12.1 Å². The van der Waals surface area contributed by atoms with Crippen molar-refractivity contribution in [2.75, 3.05) is 35.8 Å². The lowest BCUT2D eigenvalue weighted by atomic mass is 10.2. The van der Waals surface area contributed by atoms with Gasteiger partial charge in [0.15, 0.2) is 0 Å². The van der Waals surface area contributed by atoms with Crippen LogP contribution in [0.5, 0.6) is 11.5 Å². The lowest BCUT2D eigenvalue weighted by molar-refractivity contribution is 0.395. The van der Waals surface area contributed by atoms with Gasteiger partial charge in [0.05, 0.1) is 42.0 Å². The standard InChI is InChI=1S/C19H20BrN5O4S/c1-28-12-8-9-16(17(10-12)29-2)23-19-21-11-13(20)18(24-19)22-14-6-4-5-7-15(14)25-30(3,26)27/h4-11,25H,1-3H3,(H2,21,22,23,24). The first kappa shape index (κ1) is 21.7. The average Bonchev–Trinajstić information content (AvgIpc) is 2.71. The van der Waals surface area contributed by atoms with Gasteiger partial charge in [0, 0.05) is 12.3 Å². The average molecular weight is 494 g/mol. The lowest BCUT2D eigenvalue weighted by Crippen LogP contribution is -2.11. The summed E-state index contributed by atoms with van der Waals surface area (Å²) in [5.41, 5.74) is 1.60. The Bertz CT molecular complexity index is 1160. The van der Waals surface area contributed by atoms with E-state index < -0.39 is 10.0 Å². The fraction of sp³-hybridized carbons (Fsp3) is 0.158. The highest BCUT2D eigenvalue weighted by atomic mass is 79.9. The molecular weight excluding hydrogens is 474 g/mol. The first-order valence-electron chi connectivity index (χ1n) is 8.64. The van der Waals surface area contributed by atoms with Crippen LogP contribution in [0.3, 0.4) is 0 Å². The number of aromatic nitrogens is 2. The highest BCUT2D eigenvalue weighted by Crippen LogP contribution is 2.33. The number of sulfonamides is 1.